The molecule has 0 aromatic carbocycles. The van der Waals surface area contributed by atoms with Gasteiger partial charge in [-0.3, -0.25) is 9.59 Å². The molecule has 1 atom stereocenters. The summed E-state index contributed by atoms with van der Waals surface area (Å²) in [6.07, 6.45) is 13.2. The predicted molar refractivity (Wildman–Crippen MR) is 105 cm³/mol. The highest BCUT2D eigenvalue weighted by molar-refractivity contribution is 5.87. The number of carbonyl (C=O) groups is 2. The van der Waals surface area contributed by atoms with Gasteiger partial charge < -0.3 is 16.0 Å². The monoisotopic (exact) mass is 355 g/mol. The van der Waals surface area contributed by atoms with Gasteiger partial charge in [0.25, 0.3) is 0 Å². The van der Waals surface area contributed by atoms with Crippen LogP contribution < -0.4 is 11.1 Å². The van der Waals surface area contributed by atoms with Crippen molar-refractivity contribution in [1.29, 1.82) is 0 Å². The van der Waals surface area contributed by atoms with E-state index in [1.54, 1.807) is 18.9 Å². The van der Waals surface area contributed by atoms with Gasteiger partial charge in [0.05, 0.1) is 0 Å². The molecule has 0 spiro atoms. The van der Waals surface area contributed by atoms with Crippen LogP contribution in [0, 0.1) is 0 Å². The Kier molecular flexibility index (Phi) is 15.7. The Morgan fingerprint density at radius 2 is 1.48 bits per heavy atom. The van der Waals surface area contributed by atoms with Crippen molar-refractivity contribution in [2.24, 2.45) is 5.73 Å². The van der Waals surface area contributed by atoms with Gasteiger partial charge in [0.2, 0.25) is 11.8 Å². The number of unbranched alkanes of at least 4 members (excludes halogenated alkanes) is 9. The molecule has 0 aromatic rings. The van der Waals surface area contributed by atoms with E-state index in [4.69, 9.17) is 5.73 Å². The maximum absolute atomic E-state index is 12.2. The molecular formula is C20H41N3O2. The van der Waals surface area contributed by atoms with Gasteiger partial charge in [-0.1, -0.05) is 58.3 Å². The van der Waals surface area contributed by atoms with Crippen LogP contribution in [0.3, 0.4) is 0 Å². The first-order valence-electron chi connectivity index (χ1n) is 10.3. The van der Waals surface area contributed by atoms with Crippen molar-refractivity contribution >= 4 is 11.8 Å². The normalized spacial score (nSPS) is 12.0. The van der Waals surface area contributed by atoms with Gasteiger partial charge >= 0.3 is 0 Å². The molecule has 148 valence electrons. The minimum Gasteiger partial charge on any atom is -0.354 e. The van der Waals surface area contributed by atoms with Gasteiger partial charge in [-0.2, -0.15) is 0 Å². The molecule has 0 bridgehead atoms. The average molecular weight is 356 g/mol. The second kappa shape index (κ2) is 16.4. The lowest BCUT2D eigenvalue weighted by Crippen LogP contribution is -2.46. The summed E-state index contributed by atoms with van der Waals surface area (Å²) < 4.78 is 0. The number of amides is 2. The molecule has 3 N–H and O–H groups in total. The number of nitrogens with one attached hydrogen (secondary N) is 1. The smallest absolute Gasteiger partial charge is 0.242 e. The zero-order chi connectivity index (χ0) is 18.9. The number of nitrogens with zero attached hydrogens (tertiary/aromatic N) is 1. The Morgan fingerprint density at radius 1 is 0.920 bits per heavy atom. The second-order valence-corrected chi connectivity index (χ2v) is 7.05. The minimum atomic E-state index is -0.406. The third kappa shape index (κ3) is 12.9. The van der Waals surface area contributed by atoms with Crippen molar-refractivity contribution in [2.45, 2.75) is 96.9 Å². The van der Waals surface area contributed by atoms with Crippen LogP contribution in [0.4, 0.5) is 0 Å². The molecule has 5 nitrogen and oxygen atoms in total. The van der Waals surface area contributed by atoms with Gasteiger partial charge in [-0.05, 0) is 32.7 Å². The van der Waals surface area contributed by atoms with Crippen molar-refractivity contribution in [1.82, 2.24) is 10.2 Å². The van der Waals surface area contributed by atoms with Crippen LogP contribution in [-0.2, 0) is 9.59 Å². The highest BCUT2D eigenvalue weighted by atomic mass is 16.2. The van der Waals surface area contributed by atoms with Crippen molar-refractivity contribution in [3.8, 4) is 0 Å². The predicted octanol–water partition coefficient (Wildman–Crippen LogP) is 3.61. The van der Waals surface area contributed by atoms with Crippen LogP contribution >= 0.6 is 0 Å². The van der Waals surface area contributed by atoms with Gasteiger partial charge in [-0.15, -0.1) is 0 Å². The Balaban J connectivity index is 3.78. The Labute approximate surface area is 155 Å². The van der Waals surface area contributed by atoms with E-state index in [1.807, 2.05) is 0 Å². The molecule has 0 radical (unpaired) electrons. The quantitative estimate of drug-likeness (QED) is 0.415. The number of carbonyl (C=O) groups excluding carboxylic acids is 2. The van der Waals surface area contributed by atoms with Gasteiger partial charge in [-0.25, -0.2) is 0 Å². The van der Waals surface area contributed by atoms with E-state index in [-0.39, 0.29) is 11.8 Å². The fraction of sp³-hybridized carbons (Fsp3) is 0.900. The van der Waals surface area contributed by atoms with E-state index in [0.29, 0.717) is 19.5 Å². The van der Waals surface area contributed by atoms with Crippen LogP contribution in [0.15, 0.2) is 0 Å². The lowest BCUT2D eigenvalue weighted by atomic mass is 10.1. The van der Waals surface area contributed by atoms with Crippen molar-refractivity contribution in [3.63, 3.8) is 0 Å². The van der Waals surface area contributed by atoms with E-state index in [0.717, 1.165) is 32.1 Å². The first kappa shape index (κ1) is 23.9. The maximum atomic E-state index is 12.2. The molecule has 1 unspecified atom stereocenters. The molecule has 0 aliphatic carbocycles. The summed E-state index contributed by atoms with van der Waals surface area (Å²) in [6, 6.07) is -0.406. The summed E-state index contributed by atoms with van der Waals surface area (Å²) in [5, 5.41) is 2.90. The van der Waals surface area contributed by atoms with Crippen molar-refractivity contribution < 1.29 is 9.59 Å². The molecular weight excluding hydrogens is 314 g/mol. The SMILES string of the molecule is CCCCCCCCCCC(=O)N(C)C(C)C(=O)NCCCCCN. The lowest BCUT2D eigenvalue weighted by molar-refractivity contribution is -0.138. The fourth-order valence-electron chi connectivity index (χ4n) is 2.78. The topological polar surface area (TPSA) is 75.4 Å². The number of nitrogens with two attached hydrogens (primary N) is 1. The lowest BCUT2D eigenvalue weighted by Gasteiger charge is -2.24. The van der Waals surface area contributed by atoms with Crippen LogP contribution in [0.25, 0.3) is 0 Å². The first-order valence-corrected chi connectivity index (χ1v) is 10.3. The molecule has 0 aliphatic rings. The number of hydrogen-bond acceptors (Lipinski definition) is 3. The van der Waals surface area contributed by atoms with E-state index in [9.17, 15) is 9.59 Å². The molecule has 0 rings (SSSR count). The van der Waals surface area contributed by atoms with E-state index in [2.05, 4.69) is 12.2 Å². The number of rotatable bonds is 16. The summed E-state index contributed by atoms with van der Waals surface area (Å²) in [5.41, 5.74) is 5.45. The molecule has 0 saturated carbocycles. The van der Waals surface area contributed by atoms with Crippen LogP contribution in [-0.4, -0.2) is 42.9 Å². The summed E-state index contributed by atoms with van der Waals surface area (Å²) in [5.74, 6) is -0.00344. The van der Waals surface area contributed by atoms with Crippen LogP contribution in [0.1, 0.15) is 90.9 Å². The molecule has 0 saturated heterocycles. The molecule has 2 amide bonds. The van der Waals surface area contributed by atoms with E-state index in [1.165, 1.54) is 38.5 Å². The van der Waals surface area contributed by atoms with Gasteiger partial charge in [0.1, 0.15) is 6.04 Å². The van der Waals surface area contributed by atoms with Crippen LogP contribution in [0.5, 0.6) is 0 Å². The number of hydrogen-bond donors (Lipinski definition) is 2. The molecule has 25 heavy (non-hydrogen) atoms. The standard InChI is InChI=1S/C20H41N3O2/c1-4-5-6-7-8-9-10-12-15-19(24)23(3)18(2)20(25)22-17-14-11-13-16-21/h18H,4-17,21H2,1-3H3,(H,22,25). The fourth-order valence-corrected chi connectivity index (χ4v) is 2.78. The Hall–Kier alpha value is -1.10. The first-order chi connectivity index (χ1) is 12.0. The minimum absolute atomic E-state index is 0.0664. The zero-order valence-corrected chi connectivity index (χ0v) is 16.8. The summed E-state index contributed by atoms with van der Waals surface area (Å²) in [6.45, 7) is 5.37. The van der Waals surface area contributed by atoms with Gasteiger partial charge in [0.15, 0.2) is 0 Å². The number of likely N-dealkylation sites (N-methyl/N-ethyl adjacent to an activating group) is 1. The van der Waals surface area contributed by atoms with E-state index < -0.39 is 6.04 Å². The highest BCUT2D eigenvalue weighted by Crippen LogP contribution is 2.11. The largest absolute Gasteiger partial charge is 0.354 e. The Bertz CT molecular complexity index is 348. The third-order valence-corrected chi connectivity index (χ3v) is 4.78. The third-order valence-electron chi connectivity index (χ3n) is 4.78. The van der Waals surface area contributed by atoms with E-state index >= 15 is 0 Å². The molecule has 0 aliphatic heterocycles. The maximum Gasteiger partial charge on any atom is 0.242 e. The van der Waals surface area contributed by atoms with Crippen LogP contribution in [0.2, 0.25) is 0 Å². The Morgan fingerprint density at radius 3 is 2.08 bits per heavy atom. The summed E-state index contributed by atoms with van der Waals surface area (Å²) in [4.78, 5) is 25.9. The molecule has 5 heteroatoms. The molecule has 0 fully saturated rings. The summed E-state index contributed by atoms with van der Waals surface area (Å²) >= 11 is 0. The molecule has 0 heterocycles. The highest BCUT2D eigenvalue weighted by Gasteiger charge is 2.21. The van der Waals surface area contributed by atoms with Crippen molar-refractivity contribution in [3.05, 3.63) is 0 Å². The van der Waals surface area contributed by atoms with Gasteiger partial charge in [0, 0.05) is 20.0 Å². The zero-order valence-electron chi connectivity index (χ0n) is 16.8. The average Bonchev–Trinajstić information content (AvgIpc) is 2.62. The molecule has 0 aromatic heterocycles. The summed E-state index contributed by atoms with van der Waals surface area (Å²) in [7, 11) is 1.73. The van der Waals surface area contributed by atoms with Crippen molar-refractivity contribution in [2.75, 3.05) is 20.1 Å². The second-order valence-electron chi connectivity index (χ2n) is 7.05.